The van der Waals surface area contributed by atoms with Crippen LogP contribution in [0.2, 0.25) is 0 Å². The van der Waals surface area contributed by atoms with Gasteiger partial charge >= 0.3 is 5.69 Å². The summed E-state index contributed by atoms with van der Waals surface area (Å²) in [7, 11) is 1.34. The topological polar surface area (TPSA) is 108 Å². The summed E-state index contributed by atoms with van der Waals surface area (Å²) in [6.45, 7) is 4.33. The third-order valence-corrected chi connectivity index (χ3v) is 5.62. The van der Waals surface area contributed by atoms with Gasteiger partial charge in [-0.15, -0.1) is 0 Å². The van der Waals surface area contributed by atoms with Gasteiger partial charge in [-0.05, 0) is 66.4 Å². The number of nitrogens with one attached hydrogen (secondary N) is 1. The lowest BCUT2D eigenvalue weighted by Gasteiger charge is -2.07. The number of amides is 1. The Balaban J connectivity index is 1.52. The van der Waals surface area contributed by atoms with E-state index >= 15 is 0 Å². The number of carbonyl (C=O) groups excluding carboxylic acids is 1. The van der Waals surface area contributed by atoms with Crippen LogP contribution in [0.3, 0.4) is 0 Å². The van der Waals surface area contributed by atoms with Crippen LogP contribution in [0, 0.1) is 10.1 Å². The molecule has 0 aliphatic rings. The highest BCUT2D eigenvalue weighted by Gasteiger charge is 2.18. The first-order chi connectivity index (χ1) is 15.9. The van der Waals surface area contributed by atoms with Gasteiger partial charge in [0.2, 0.25) is 5.89 Å². The van der Waals surface area contributed by atoms with Crippen molar-refractivity contribution in [2.75, 3.05) is 12.4 Å². The standard InChI is InChI=1S/C25H23N3O5/c1-4-15(2)17-7-11-22-20(13-17)27-25(33-22)16-5-9-19(10-6-16)26-24(29)18-8-12-23(32-3)21(14-18)28(30)31/h5-15H,4H2,1-3H3,(H,26,29)/t15-/m1/s1. The maximum absolute atomic E-state index is 12.6. The van der Waals surface area contributed by atoms with Crippen LogP contribution in [-0.4, -0.2) is 22.9 Å². The molecule has 33 heavy (non-hydrogen) atoms. The lowest BCUT2D eigenvalue weighted by molar-refractivity contribution is -0.385. The first-order valence-corrected chi connectivity index (χ1v) is 10.5. The average molecular weight is 445 g/mol. The van der Waals surface area contributed by atoms with Crippen LogP contribution >= 0.6 is 0 Å². The lowest BCUT2D eigenvalue weighted by Crippen LogP contribution is -2.12. The predicted molar refractivity (Wildman–Crippen MR) is 126 cm³/mol. The number of hydrogen-bond acceptors (Lipinski definition) is 6. The molecule has 8 nitrogen and oxygen atoms in total. The molecule has 0 fully saturated rings. The molecule has 0 saturated heterocycles. The zero-order chi connectivity index (χ0) is 23.5. The molecule has 4 rings (SSSR count). The van der Waals surface area contributed by atoms with E-state index < -0.39 is 10.8 Å². The van der Waals surface area contributed by atoms with Crippen LogP contribution in [0.4, 0.5) is 11.4 Å². The van der Waals surface area contributed by atoms with Crippen molar-refractivity contribution in [1.29, 1.82) is 0 Å². The fourth-order valence-corrected chi connectivity index (χ4v) is 3.48. The number of ether oxygens (including phenoxy) is 1. The number of oxazole rings is 1. The van der Waals surface area contributed by atoms with Crippen molar-refractivity contribution in [2.24, 2.45) is 0 Å². The van der Waals surface area contributed by atoms with Crippen LogP contribution < -0.4 is 10.1 Å². The number of nitro groups is 1. The molecular formula is C25H23N3O5. The van der Waals surface area contributed by atoms with E-state index in [1.54, 1.807) is 24.3 Å². The van der Waals surface area contributed by atoms with Crippen molar-refractivity contribution in [1.82, 2.24) is 4.98 Å². The molecule has 1 atom stereocenters. The first-order valence-electron chi connectivity index (χ1n) is 10.5. The fourth-order valence-electron chi connectivity index (χ4n) is 3.48. The Labute approximate surface area is 190 Å². The SMILES string of the molecule is CC[C@@H](C)c1ccc2oc(-c3ccc(NC(=O)c4ccc(OC)c([N+](=O)[O-])c4)cc3)nc2c1. The van der Waals surface area contributed by atoms with Crippen molar-refractivity contribution in [3.05, 3.63) is 81.9 Å². The van der Waals surface area contributed by atoms with Gasteiger partial charge in [0.15, 0.2) is 11.3 Å². The molecular weight excluding hydrogens is 422 g/mol. The maximum Gasteiger partial charge on any atom is 0.311 e. The van der Waals surface area contributed by atoms with E-state index in [2.05, 4.69) is 36.3 Å². The lowest BCUT2D eigenvalue weighted by atomic mass is 9.98. The van der Waals surface area contributed by atoms with Crippen molar-refractivity contribution in [3.8, 4) is 17.2 Å². The number of aromatic nitrogens is 1. The summed E-state index contributed by atoms with van der Waals surface area (Å²) in [5, 5.41) is 13.9. The quantitative estimate of drug-likeness (QED) is 0.269. The summed E-state index contributed by atoms with van der Waals surface area (Å²) < 4.78 is 10.9. The van der Waals surface area contributed by atoms with E-state index in [4.69, 9.17) is 9.15 Å². The molecule has 1 aromatic heterocycles. The van der Waals surface area contributed by atoms with Gasteiger partial charge in [-0.1, -0.05) is 19.9 Å². The highest BCUT2D eigenvalue weighted by Crippen LogP contribution is 2.30. The Bertz CT molecular complexity index is 1330. The van der Waals surface area contributed by atoms with Crippen molar-refractivity contribution >= 4 is 28.4 Å². The molecule has 0 unspecified atom stereocenters. The van der Waals surface area contributed by atoms with Gasteiger partial charge in [-0.3, -0.25) is 14.9 Å². The third kappa shape index (κ3) is 4.55. The molecule has 0 spiro atoms. The van der Waals surface area contributed by atoms with Gasteiger partial charge in [0.05, 0.1) is 12.0 Å². The molecule has 1 N–H and O–H groups in total. The number of methoxy groups -OCH3 is 1. The molecule has 0 bridgehead atoms. The Morgan fingerprint density at radius 1 is 1.15 bits per heavy atom. The summed E-state index contributed by atoms with van der Waals surface area (Å²) in [4.78, 5) is 27.8. The Hall–Kier alpha value is -4.20. The normalized spacial score (nSPS) is 11.8. The summed E-state index contributed by atoms with van der Waals surface area (Å²) >= 11 is 0. The smallest absolute Gasteiger partial charge is 0.311 e. The second-order valence-electron chi connectivity index (χ2n) is 7.73. The van der Waals surface area contributed by atoms with Gasteiger partial charge in [0.25, 0.3) is 5.91 Å². The van der Waals surface area contributed by atoms with E-state index in [1.165, 1.54) is 30.9 Å². The highest BCUT2D eigenvalue weighted by atomic mass is 16.6. The summed E-state index contributed by atoms with van der Waals surface area (Å²) in [5.74, 6) is 0.572. The Morgan fingerprint density at radius 2 is 1.91 bits per heavy atom. The van der Waals surface area contributed by atoms with Gasteiger partial charge in [0.1, 0.15) is 5.52 Å². The Morgan fingerprint density at radius 3 is 2.58 bits per heavy atom. The van der Waals surface area contributed by atoms with Crippen LogP contribution in [0.15, 0.2) is 65.1 Å². The number of carbonyl (C=O) groups is 1. The largest absolute Gasteiger partial charge is 0.490 e. The van der Waals surface area contributed by atoms with Crippen molar-refractivity contribution in [2.45, 2.75) is 26.2 Å². The molecule has 4 aromatic rings. The van der Waals surface area contributed by atoms with Crippen LogP contribution in [0.5, 0.6) is 5.75 Å². The van der Waals surface area contributed by atoms with Gasteiger partial charge < -0.3 is 14.5 Å². The molecule has 0 saturated carbocycles. The minimum absolute atomic E-state index is 0.0931. The van der Waals surface area contributed by atoms with E-state index in [-0.39, 0.29) is 17.0 Å². The molecule has 1 heterocycles. The summed E-state index contributed by atoms with van der Waals surface area (Å²) in [6.07, 6.45) is 1.05. The molecule has 3 aromatic carbocycles. The fraction of sp³-hybridized carbons (Fsp3) is 0.200. The minimum atomic E-state index is -0.587. The number of nitrogens with zero attached hydrogens (tertiary/aromatic N) is 2. The summed E-state index contributed by atoms with van der Waals surface area (Å²) in [5.41, 5.74) is 3.95. The van der Waals surface area contributed by atoms with E-state index in [9.17, 15) is 14.9 Å². The second-order valence-corrected chi connectivity index (χ2v) is 7.73. The number of rotatable bonds is 7. The van der Waals surface area contributed by atoms with Gasteiger partial charge in [0, 0.05) is 22.9 Å². The summed E-state index contributed by atoms with van der Waals surface area (Å²) in [6, 6.07) is 17.2. The zero-order valence-corrected chi connectivity index (χ0v) is 18.5. The van der Waals surface area contributed by atoms with Crippen molar-refractivity contribution < 1.29 is 18.9 Å². The van der Waals surface area contributed by atoms with Gasteiger partial charge in [-0.2, -0.15) is 0 Å². The van der Waals surface area contributed by atoms with E-state index in [0.29, 0.717) is 17.5 Å². The molecule has 0 aliphatic carbocycles. The number of benzene rings is 3. The van der Waals surface area contributed by atoms with E-state index in [1.807, 2.05) is 6.07 Å². The molecule has 0 aliphatic heterocycles. The van der Waals surface area contributed by atoms with Crippen LogP contribution in [0.25, 0.3) is 22.6 Å². The van der Waals surface area contributed by atoms with Crippen LogP contribution in [0.1, 0.15) is 42.1 Å². The number of hydrogen-bond donors (Lipinski definition) is 1. The molecule has 168 valence electrons. The maximum atomic E-state index is 12.6. The Kier molecular flexibility index (Phi) is 6.08. The second kappa shape index (κ2) is 9.12. The number of fused-ring (bicyclic) bond motifs is 1. The highest BCUT2D eigenvalue weighted by molar-refractivity contribution is 6.05. The van der Waals surface area contributed by atoms with Crippen molar-refractivity contribution in [3.63, 3.8) is 0 Å². The average Bonchev–Trinajstić information content (AvgIpc) is 3.26. The zero-order valence-electron chi connectivity index (χ0n) is 18.5. The minimum Gasteiger partial charge on any atom is -0.490 e. The first kappa shape index (κ1) is 22.0. The molecule has 1 amide bonds. The number of nitro benzene ring substituents is 1. The predicted octanol–water partition coefficient (Wildman–Crippen LogP) is 6.18. The molecule has 0 radical (unpaired) electrons. The van der Waals surface area contributed by atoms with E-state index in [0.717, 1.165) is 23.1 Å². The van der Waals surface area contributed by atoms with Crippen LogP contribution in [-0.2, 0) is 0 Å². The molecule has 8 heteroatoms. The number of anilines is 1. The van der Waals surface area contributed by atoms with Gasteiger partial charge in [-0.25, -0.2) is 4.98 Å². The third-order valence-electron chi connectivity index (χ3n) is 5.62. The monoisotopic (exact) mass is 445 g/mol.